The Kier molecular flexibility index (Phi) is 8.25. The number of hydrazine groups is 1. The summed E-state index contributed by atoms with van der Waals surface area (Å²) in [4.78, 5) is 25.6. The summed E-state index contributed by atoms with van der Waals surface area (Å²) in [5.41, 5.74) is 1.71. The van der Waals surface area contributed by atoms with Crippen LogP contribution in [0.15, 0.2) is 71.6 Å². The number of methoxy groups -OCH3 is 2. The van der Waals surface area contributed by atoms with E-state index in [1.54, 1.807) is 30.3 Å². The Morgan fingerprint density at radius 2 is 1.46 bits per heavy atom. The predicted octanol–water partition coefficient (Wildman–Crippen LogP) is 3.65. The molecule has 0 aromatic heterocycles. The van der Waals surface area contributed by atoms with Crippen molar-refractivity contribution in [1.29, 1.82) is 0 Å². The largest absolute Gasteiger partial charge is 0.493 e. The van der Waals surface area contributed by atoms with Crippen molar-refractivity contribution in [3.63, 3.8) is 0 Å². The molecule has 2 amide bonds. The molecular formula is C27H31N3O6S. The third kappa shape index (κ3) is 6.66. The molecule has 0 saturated carbocycles. The van der Waals surface area contributed by atoms with Crippen molar-refractivity contribution in [2.75, 3.05) is 32.3 Å². The molecule has 3 rings (SSSR count). The number of hydrogen-bond acceptors (Lipinski definition) is 7. The predicted molar refractivity (Wildman–Crippen MR) is 142 cm³/mol. The van der Waals surface area contributed by atoms with E-state index in [1.165, 1.54) is 38.5 Å². The van der Waals surface area contributed by atoms with Gasteiger partial charge in [-0.15, -0.1) is 0 Å². The summed E-state index contributed by atoms with van der Waals surface area (Å²) < 4.78 is 33.8. The highest BCUT2D eigenvalue weighted by Gasteiger charge is 2.26. The van der Waals surface area contributed by atoms with Gasteiger partial charge in [0, 0.05) is 35.0 Å². The van der Waals surface area contributed by atoms with E-state index in [0.717, 1.165) is 16.8 Å². The maximum atomic E-state index is 12.8. The van der Waals surface area contributed by atoms with E-state index in [4.69, 9.17) is 15.3 Å². The van der Waals surface area contributed by atoms with E-state index >= 15 is 0 Å². The van der Waals surface area contributed by atoms with Gasteiger partial charge in [-0.25, -0.2) is 14.3 Å². The van der Waals surface area contributed by atoms with E-state index in [0.29, 0.717) is 28.3 Å². The monoisotopic (exact) mass is 525 g/mol. The minimum absolute atomic E-state index is 0.131. The van der Waals surface area contributed by atoms with Crippen LogP contribution >= 0.6 is 0 Å². The van der Waals surface area contributed by atoms with Gasteiger partial charge in [-0.2, -0.15) is 0 Å². The van der Waals surface area contributed by atoms with E-state index in [2.05, 4.69) is 5.32 Å². The first-order chi connectivity index (χ1) is 17.4. The second-order valence-electron chi connectivity index (χ2n) is 9.21. The fraction of sp³-hybridized carbons (Fsp3) is 0.259. The van der Waals surface area contributed by atoms with E-state index in [9.17, 15) is 18.0 Å². The molecule has 0 heterocycles. The topological polar surface area (TPSA) is 128 Å². The summed E-state index contributed by atoms with van der Waals surface area (Å²) in [6.45, 7) is 4.10. The van der Waals surface area contributed by atoms with Crippen LogP contribution < -0.4 is 20.6 Å². The number of rotatable bonds is 9. The number of carbonyl (C=O) groups is 2. The number of nitrogens with one attached hydrogen (secondary N) is 1. The smallest absolute Gasteiger partial charge is 0.267 e. The maximum Gasteiger partial charge on any atom is 0.267 e. The molecule has 0 spiro atoms. The molecule has 9 nitrogen and oxygen atoms in total. The Balaban J connectivity index is 1.67. The first-order valence-electron chi connectivity index (χ1n) is 11.4. The van der Waals surface area contributed by atoms with Gasteiger partial charge in [-0.05, 0) is 60.2 Å². The van der Waals surface area contributed by atoms with Crippen molar-refractivity contribution in [1.82, 2.24) is 5.01 Å². The Labute approximate surface area is 217 Å². The first kappa shape index (κ1) is 27.7. The lowest BCUT2D eigenvalue weighted by Crippen LogP contribution is -2.45. The third-order valence-electron chi connectivity index (χ3n) is 5.93. The molecule has 3 N–H and O–H groups in total. The van der Waals surface area contributed by atoms with Gasteiger partial charge in [0.1, 0.15) is 0 Å². The molecule has 37 heavy (non-hydrogen) atoms. The number of sulfone groups is 1. The molecule has 0 aliphatic carbocycles. The van der Waals surface area contributed by atoms with Crippen molar-refractivity contribution in [3.05, 3.63) is 83.4 Å². The van der Waals surface area contributed by atoms with Crippen LogP contribution in [-0.2, 0) is 15.3 Å². The molecule has 0 aliphatic heterocycles. The number of benzene rings is 3. The number of carbonyl (C=O) groups excluding carboxylic acids is 2. The van der Waals surface area contributed by atoms with Gasteiger partial charge in [0.2, 0.25) is 0 Å². The lowest BCUT2D eigenvalue weighted by Gasteiger charge is -2.30. The highest BCUT2D eigenvalue weighted by atomic mass is 32.2. The number of anilines is 1. The standard InChI is InChI=1S/C27H31N3O6S/c1-27(2,17-30(28)26(32)18-6-13-22(14-7-18)37(5,33)34)20-9-11-21(12-10-20)29-25(31)19-8-15-23(35-3)24(16-19)36-4/h6-16H,17,28H2,1-5H3,(H,29,31). The number of hydrogen-bond donors (Lipinski definition) is 2. The SMILES string of the molecule is COc1ccc(C(=O)Nc2ccc(C(C)(C)CN(N)C(=O)c3ccc(S(C)(=O)=O)cc3)cc2)cc1OC. The van der Waals surface area contributed by atoms with Crippen LogP contribution in [0.25, 0.3) is 0 Å². The van der Waals surface area contributed by atoms with Crippen molar-refractivity contribution < 1.29 is 27.5 Å². The van der Waals surface area contributed by atoms with Crippen LogP contribution in [0.4, 0.5) is 5.69 Å². The van der Waals surface area contributed by atoms with Crippen LogP contribution in [-0.4, -0.2) is 52.3 Å². The van der Waals surface area contributed by atoms with Crippen molar-refractivity contribution in [2.24, 2.45) is 5.84 Å². The number of amides is 2. The van der Waals surface area contributed by atoms with Crippen molar-refractivity contribution in [2.45, 2.75) is 24.2 Å². The van der Waals surface area contributed by atoms with Gasteiger partial charge < -0.3 is 14.8 Å². The van der Waals surface area contributed by atoms with Crippen LogP contribution in [0.2, 0.25) is 0 Å². The van der Waals surface area contributed by atoms with E-state index in [1.807, 2.05) is 26.0 Å². The fourth-order valence-corrected chi connectivity index (χ4v) is 4.42. The molecule has 3 aromatic carbocycles. The Morgan fingerprint density at radius 3 is 2.00 bits per heavy atom. The highest BCUT2D eigenvalue weighted by Crippen LogP contribution is 2.29. The fourth-order valence-electron chi connectivity index (χ4n) is 3.78. The quantitative estimate of drug-likeness (QED) is 0.248. The summed E-state index contributed by atoms with van der Waals surface area (Å²) in [6, 6.07) is 17.9. The highest BCUT2D eigenvalue weighted by molar-refractivity contribution is 7.90. The van der Waals surface area contributed by atoms with Crippen molar-refractivity contribution in [3.8, 4) is 11.5 Å². The molecule has 196 valence electrons. The number of ether oxygens (including phenoxy) is 2. The van der Waals surface area contributed by atoms with Gasteiger partial charge in [-0.3, -0.25) is 14.6 Å². The van der Waals surface area contributed by atoms with Crippen LogP contribution in [0.3, 0.4) is 0 Å². The lowest BCUT2D eigenvalue weighted by atomic mass is 9.84. The number of nitrogens with two attached hydrogens (primary N) is 1. The van der Waals surface area contributed by atoms with Gasteiger partial charge in [-0.1, -0.05) is 26.0 Å². The summed E-state index contributed by atoms with van der Waals surface area (Å²) in [7, 11) is -0.326. The summed E-state index contributed by atoms with van der Waals surface area (Å²) in [5.74, 6) is 6.36. The minimum atomic E-state index is -3.36. The molecule has 0 aliphatic rings. The zero-order valence-electron chi connectivity index (χ0n) is 21.4. The Bertz CT molecular complexity index is 1380. The average Bonchev–Trinajstić information content (AvgIpc) is 2.87. The summed E-state index contributed by atoms with van der Waals surface area (Å²) in [6.07, 6.45) is 1.11. The van der Waals surface area contributed by atoms with Crippen molar-refractivity contribution >= 4 is 27.3 Å². The minimum Gasteiger partial charge on any atom is -0.493 e. The molecule has 0 atom stereocenters. The van der Waals surface area contributed by atoms with Gasteiger partial charge in [0.15, 0.2) is 21.3 Å². The molecule has 0 unspecified atom stereocenters. The van der Waals surface area contributed by atoms with Gasteiger partial charge in [0.05, 0.1) is 19.1 Å². The lowest BCUT2D eigenvalue weighted by molar-refractivity contribution is 0.0722. The molecule has 0 saturated heterocycles. The maximum absolute atomic E-state index is 12.8. The van der Waals surface area contributed by atoms with Crippen LogP contribution in [0.1, 0.15) is 40.1 Å². The number of nitrogens with zero attached hydrogens (tertiary/aromatic N) is 1. The Morgan fingerprint density at radius 1 is 0.892 bits per heavy atom. The summed E-state index contributed by atoms with van der Waals surface area (Å²) in [5, 5.41) is 3.97. The second-order valence-corrected chi connectivity index (χ2v) is 11.2. The molecule has 0 radical (unpaired) electrons. The zero-order chi connectivity index (χ0) is 27.4. The van der Waals surface area contributed by atoms with Crippen LogP contribution in [0.5, 0.6) is 11.5 Å². The van der Waals surface area contributed by atoms with E-state index in [-0.39, 0.29) is 17.3 Å². The molecule has 3 aromatic rings. The normalized spacial score (nSPS) is 11.5. The third-order valence-corrected chi connectivity index (χ3v) is 7.05. The zero-order valence-corrected chi connectivity index (χ0v) is 22.3. The van der Waals surface area contributed by atoms with Gasteiger partial charge >= 0.3 is 0 Å². The van der Waals surface area contributed by atoms with Gasteiger partial charge in [0.25, 0.3) is 11.8 Å². The summed E-state index contributed by atoms with van der Waals surface area (Å²) >= 11 is 0. The van der Waals surface area contributed by atoms with Crippen LogP contribution in [0, 0.1) is 0 Å². The molecule has 10 heteroatoms. The molecule has 0 fully saturated rings. The Hall–Kier alpha value is -3.89. The molecular weight excluding hydrogens is 494 g/mol. The van der Waals surface area contributed by atoms with E-state index < -0.39 is 21.2 Å². The second kappa shape index (κ2) is 11.0. The first-order valence-corrected chi connectivity index (χ1v) is 13.3. The molecule has 0 bridgehead atoms. The average molecular weight is 526 g/mol.